The van der Waals surface area contributed by atoms with E-state index in [1.54, 1.807) is 0 Å². The Morgan fingerprint density at radius 2 is 2.00 bits per heavy atom. The maximum atomic E-state index is 13.9. The van der Waals surface area contributed by atoms with E-state index in [-0.39, 0.29) is 13.1 Å². The average Bonchev–Trinajstić information content (AvgIpc) is 2.26. The fourth-order valence-electron chi connectivity index (χ4n) is 1.97. The number of hydrogen-bond donors (Lipinski definition) is 2. The first-order valence-corrected chi connectivity index (χ1v) is 7.60. The summed E-state index contributed by atoms with van der Waals surface area (Å²) in [5.41, 5.74) is 4.81. The number of benzene rings is 1. The summed E-state index contributed by atoms with van der Waals surface area (Å²) < 4.78 is 53.5. The van der Waals surface area contributed by atoms with E-state index in [1.165, 1.54) is 0 Å². The van der Waals surface area contributed by atoms with Crippen LogP contribution in [0.3, 0.4) is 0 Å². The van der Waals surface area contributed by atoms with Gasteiger partial charge >= 0.3 is 0 Å². The van der Waals surface area contributed by atoms with Crippen LogP contribution >= 0.6 is 0 Å². The largest absolute Gasteiger partial charge is 0.326 e. The smallest absolute Gasteiger partial charge is 0.243 e. The molecular formula is C12H16F2N2O2S. The highest BCUT2D eigenvalue weighted by molar-refractivity contribution is 7.89. The van der Waals surface area contributed by atoms with Gasteiger partial charge in [-0.15, -0.1) is 0 Å². The van der Waals surface area contributed by atoms with Crippen LogP contribution in [0.2, 0.25) is 0 Å². The third kappa shape index (κ3) is 2.93. The van der Waals surface area contributed by atoms with Gasteiger partial charge in [0.25, 0.3) is 0 Å². The summed E-state index contributed by atoms with van der Waals surface area (Å²) in [6, 6.07) is 1.84. The molecule has 0 aromatic heterocycles. The fourth-order valence-corrected chi connectivity index (χ4v) is 3.19. The third-order valence-corrected chi connectivity index (χ3v) is 4.87. The highest BCUT2D eigenvalue weighted by Gasteiger charge is 2.25. The molecule has 1 aliphatic carbocycles. The van der Waals surface area contributed by atoms with Crippen molar-refractivity contribution in [2.45, 2.75) is 30.7 Å². The predicted molar refractivity (Wildman–Crippen MR) is 66.8 cm³/mol. The Labute approximate surface area is 111 Å². The lowest BCUT2D eigenvalue weighted by Gasteiger charge is -2.25. The van der Waals surface area contributed by atoms with Crippen LogP contribution < -0.4 is 10.5 Å². The Bertz CT molecular complexity index is 571. The van der Waals surface area contributed by atoms with Gasteiger partial charge in [-0.25, -0.2) is 21.9 Å². The molecule has 1 aromatic rings. The quantitative estimate of drug-likeness (QED) is 0.863. The lowest BCUT2D eigenvalue weighted by atomic mass is 9.86. The summed E-state index contributed by atoms with van der Waals surface area (Å²) in [6.07, 6.45) is 3.04. The number of rotatable bonds is 5. The maximum Gasteiger partial charge on any atom is 0.243 e. The number of nitrogens with one attached hydrogen (secondary N) is 1. The first-order valence-electron chi connectivity index (χ1n) is 6.12. The van der Waals surface area contributed by atoms with Gasteiger partial charge < -0.3 is 5.73 Å². The highest BCUT2D eigenvalue weighted by atomic mass is 32.2. The second-order valence-corrected chi connectivity index (χ2v) is 6.43. The molecule has 0 saturated heterocycles. The van der Waals surface area contributed by atoms with Crippen LogP contribution in [0.15, 0.2) is 17.0 Å². The number of halogens is 2. The molecule has 0 bridgehead atoms. The zero-order valence-electron chi connectivity index (χ0n) is 10.3. The van der Waals surface area contributed by atoms with Gasteiger partial charge in [-0.1, -0.05) is 6.42 Å². The van der Waals surface area contributed by atoms with Crippen LogP contribution in [0.5, 0.6) is 0 Å². The summed E-state index contributed by atoms with van der Waals surface area (Å²) in [5, 5.41) is 0. The van der Waals surface area contributed by atoms with E-state index in [2.05, 4.69) is 4.72 Å². The minimum absolute atomic E-state index is 0.289. The summed E-state index contributed by atoms with van der Waals surface area (Å²) in [5.74, 6) is -1.63. The molecule has 106 valence electrons. The second kappa shape index (κ2) is 5.52. The number of nitrogens with two attached hydrogens (primary N) is 1. The van der Waals surface area contributed by atoms with Gasteiger partial charge in [-0.3, -0.25) is 0 Å². The van der Waals surface area contributed by atoms with Crippen LogP contribution in [-0.4, -0.2) is 15.0 Å². The molecule has 0 atom stereocenters. The molecule has 3 N–H and O–H groups in total. The van der Waals surface area contributed by atoms with Gasteiger partial charge in [0.05, 0.1) is 0 Å². The van der Waals surface area contributed by atoms with Gasteiger partial charge in [0.1, 0.15) is 10.7 Å². The topological polar surface area (TPSA) is 72.2 Å². The van der Waals surface area contributed by atoms with Crippen molar-refractivity contribution in [3.05, 3.63) is 29.3 Å². The van der Waals surface area contributed by atoms with Crippen molar-refractivity contribution in [2.75, 3.05) is 6.54 Å². The molecule has 7 heteroatoms. The zero-order valence-corrected chi connectivity index (χ0v) is 11.1. The minimum Gasteiger partial charge on any atom is -0.326 e. The van der Waals surface area contributed by atoms with Gasteiger partial charge in [-0.2, -0.15) is 0 Å². The van der Waals surface area contributed by atoms with Crippen molar-refractivity contribution in [1.29, 1.82) is 0 Å². The van der Waals surface area contributed by atoms with Crippen molar-refractivity contribution in [3.63, 3.8) is 0 Å². The predicted octanol–water partition coefficient (Wildman–Crippen LogP) is 1.50. The molecule has 0 radical (unpaired) electrons. The highest BCUT2D eigenvalue weighted by Crippen LogP contribution is 2.26. The number of hydrogen-bond acceptors (Lipinski definition) is 3. The van der Waals surface area contributed by atoms with Crippen molar-refractivity contribution in [3.8, 4) is 0 Å². The first kappa shape index (κ1) is 14.4. The summed E-state index contributed by atoms with van der Waals surface area (Å²) in [7, 11) is -3.96. The molecule has 1 aliphatic rings. The minimum atomic E-state index is -3.96. The van der Waals surface area contributed by atoms with E-state index in [9.17, 15) is 17.2 Å². The molecule has 4 nitrogen and oxygen atoms in total. The molecule has 0 spiro atoms. The molecule has 1 saturated carbocycles. The molecule has 0 heterocycles. The van der Waals surface area contributed by atoms with E-state index >= 15 is 0 Å². The van der Waals surface area contributed by atoms with E-state index in [4.69, 9.17) is 5.73 Å². The van der Waals surface area contributed by atoms with Crippen molar-refractivity contribution in [1.82, 2.24) is 4.72 Å². The molecular weight excluding hydrogens is 274 g/mol. The number of sulfonamides is 1. The molecule has 1 aromatic carbocycles. The molecule has 0 unspecified atom stereocenters. The Balaban J connectivity index is 2.24. The van der Waals surface area contributed by atoms with Gasteiger partial charge in [0.15, 0.2) is 5.82 Å². The summed E-state index contributed by atoms with van der Waals surface area (Å²) in [4.78, 5) is -0.548. The Kier molecular flexibility index (Phi) is 4.17. The Morgan fingerprint density at radius 1 is 1.32 bits per heavy atom. The zero-order chi connectivity index (χ0) is 14.0. The summed E-state index contributed by atoms with van der Waals surface area (Å²) in [6.45, 7) is -0.0965. The van der Waals surface area contributed by atoms with Gasteiger partial charge in [0.2, 0.25) is 10.0 Å². The lowest BCUT2D eigenvalue weighted by Crippen LogP contribution is -2.32. The molecule has 1 fully saturated rings. The van der Waals surface area contributed by atoms with Crippen molar-refractivity contribution < 1.29 is 17.2 Å². The summed E-state index contributed by atoms with van der Waals surface area (Å²) >= 11 is 0. The molecule has 19 heavy (non-hydrogen) atoms. The van der Waals surface area contributed by atoms with Crippen LogP contribution in [-0.2, 0) is 16.6 Å². The average molecular weight is 290 g/mol. The van der Waals surface area contributed by atoms with Crippen LogP contribution in [0.25, 0.3) is 0 Å². The molecule has 0 amide bonds. The Morgan fingerprint density at radius 3 is 2.53 bits per heavy atom. The lowest BCUT2D eigenvalue weighted by molar-refractivity contribution is 0.316. The first-order chi connectivity index (χ1) is 8.95. The van der Waals surface area contributed by atoms with Crippen LogP contribution in [0, 0.1) is 17.6 Å². The fraction of sp³-hybridized carbons (Fsp3) is 0.500. The van der Waals surface area contributed by atoms with E-state index in [0.717, 1.165) is 31.4 Å². The Hall–Kier alpha value is -1.05. The monoisotopic (exact) mass is 290 g/mol. The second-order valence-electron chi connectivity index (χ2n) is 4.69. The van der Waals surface area contributed by atoms with Crippen molar-refractivity contribution >= 4 is 10.0 Å². The maximum absolute atomic E-state index is 13.9. The van der Waals surface area contributed by atoms with Crippen LogP contribution in [0.4, 0.5) is 8.78 Å². The normalized spacial score (nSPS) is 16.4. The molecule has 0 aliphatic heterocycles. The van der Waals surface area contributed by atoms with Gasteiger partial charge in [0, 0.05) is 18.7 Å². The SMILES string of the molecule is NCc1c(F)ccc(S(=O)(=O)NCC2CCC2)c1F. The van der Waals surface area contributed by atoms with E-state index < -0.39 is 32.1 Å². The van der Waals surface area contributed by atoms with E-state index in [1.807, 2.05) is 0 Å². The molecule has 2 rings (SSSR count). The van der Waals surface area contributed by atoms with Crippen molar-refractivity contribution in [2.24, 2.45) is 11.7 Å². The van der Waals surface area contributed by atoms with Gasteiger partial charge in [-0.05, 0) is 30.9 Å². The van der Waals surface area contributed by atoms with Crippen LogP contribution in [0.1, 0.15) is 24.8 Å². The standard InChI is InChI=1S/C12H16F2N2O2S/c13-10-4-5-11(12(14)9(10)6-15)19(17,18)16-7-8-2-1-3-8/h4-5,8,16H,1-3,6-7,15H2. The van der Waals surface area contributed by atoms with E-state index in [0.29, 0.717) is 5.92 Å². The third-order valence-electron chi connectivity index (χ3n) is 3.43.